The van der Waals surface area contributed by atoms with Crippen molar-refractivity contribution in [2.24, 2.45) is 0 Å². The highest BCUT2D eigenvalue weighted by Crippen LogP contribution is 2.53. The van der Waals surface area contributed by atoms with Gasteiger partial charge in [0.1, 0.15) is 0 Å². The summed E-state index contributed by atoms with van der Waals surface area (Å²) in [4.78, 5) is 0.844. The highest BCUT2D eigenvalue weighted by molar-refractivity contribution is 7.94. The first-order valence-electron chi connectivity index (χ1n) is 19.5. The number of allylic oxidation sites excluding steroid dienone is 4. The number of aromatic nitrogens is 2. The normalized spacial score (nSPS) is 17.2. The van der Waals surface area contributed by atoms with Gasteiger partial charge in [0.25, 0.3) is 20.2 Å². The predicted molar refractivity (Wildman–Crippen MR) is 234 cm³/mol. The average molecular weight is 945 g/mol. The van der Waals surface area contributed by atoms with Crippen LogP contribution in [0.4, 0.5) is 0 Å². The Balaban J connectivity index is 1.22. The van der Waals surface area contributed by atoms with Crippen LogP contribution in [0.1, 0.15) is 33.6 Å². The lowest BCUT2D eigenvalue weighted by Gasteiger charge is -2.41. The standard InChI is InChI=1S/C45H26N4O12S4/c50-58-60-62-29-9-1-25(2-10-29)41-33-17-18-34-42(26-3-11-30(12-4-26)63-61-59-51)36-20-22-38-44(28-7-15-32(16-8-28)65(55,56)57)40-24-23-39-43(27-5-13-31(14-6-27)64(52,53)54)37-21-19-35(41)47(37)45(46(33)34,48(36)38)49(39)40/h1-24H,(H2-2,50,51,52,53,54,55,56,57)/p+2. The van der Waals surface area contributed by atoms with E-state index in [1.165, 1.54) is 24.3 Å². The van der Waals surface area contributed by atoms with E-state index in [9.17, 15) is 25.9 Å². The molecule has 0 amide bonds. The summed E-state index contributed by atoms with van der Waals surface area (Å²) in [6.07, 6.45) is 8.25. The van der Waals surface area contributed by atoms with Crippen LogP contribution in [0, 0.1) is 0 Å². The molecule has 322 valence electrons. The third-order valence-corrected chi connectivity index (χ3v) is 15.2. The third-order valence-electron chi connectivity index (χ3n) is 12.3. The average Bonchev–Trinajstić information content (AvgIpc) is 4.14. The third kappa shape index (κ3) is 5.68. The largest absolute Gasteiger partial charge is 0.553 e. The summed E-state index contributed by atoms with van der Waals surface area (Å²) in [5, 5.41) is 27.1. The molecule has 0 fully saturated rings. The number of hydrogen-bond acceptors (Lipinski definition) is 12. The van der Waals surface area contributed by atoms with Crippen molar-refractivity contribution in [1.82, 2.24) is 9.13 Å². The zero-order valence-corrected chi connectivity index (χ0v) is 36.1. The summed E-state index contributed by atoms with van der Waals surface area (Å²) in [5.41, 5.74) is 11.3. The fraction of sp³-hybridized carbons (Fsp3) is 0.0222. The molecule has 8 heterocycles. The number of nitrogens with zero attached hydrogens (tertiary/aromatic N) is 4. The van der Waals surface area contributed by atoms with Gasteiger partial charge in [-0.05, 0) is 95.1 Å². The lowest BCUT2D eigenvalue weighted by molar-refractivity contribution is -0.834. The predicted octanol–water partition coefficient (Wildman–Crippen LogP) is 5.77. The summed E-state index contributed by atoms with van der Waals surface area (Å²) in [5.74, 6) is -1.21. The van der Waals surface area contributed by atoms with Crippen LogP contribution in [0.25, 0.3) is 22.3 Å². The molecule has 0 radical (unpaired) electrons. The first kappa shape index (κ1) is 40.3. The Morgan fingerprint density at radius 1 is 0.462 bits per heavy atom. The molecule has 0 unspecified atom stereocenters. The van der Waals surface area contributed by atoms with Crippen molar-refractivity contribution in [3.8, 4) is 0 Å². The van der Waals surface area contributed by atoms with E-state index in [1.54, 1.807) is 24.3 Å². The van der Waals surface area contributed by atoms with Crippen LogP contribution in [0.5, 0.6) is 0 Å². The Morgan fingerprint density at radius 3 is 1.20 bits per heavy atom. The fourth-order valence-electron chi connectivity index (χ4n) is 9.96. The Morgan fingerprint density at radius 2 is 0.831 bits per heavy atom. The van der Waals surface area contributed by atoms with Crippen molar-refractivity contribution >= 4 is 78.0 Å². The lowest BCUT2D eigenvalue weighted by Crippen LogP contribution is -2.71. The van der Waals surface area contributed by atoms with Gasteiger partial charge in [-0.15, -0.1) is 8.67 Å². The van der Waals surface area contributed by atoms with Gasteiger partial charge >= 0.3 is 5.91 Å². The molecule has 65 heavy (non-hydrogen) atoms. The minimum atomic E-state index is -4.50. The molecule has 12 rings (SSSR count). The Kier molecular flexibility index (Phi) is 8.91. The van der Waals surface area contributed by atoms with E-state index in [1.807, 2.05) is 60.7 Å². The van der Waals surface area contributed by atoms with Gasteiger partial charge in [-0.3, -0.25) is 9.11 Å². The molecule has 4 aromatic carbocycles. The Labute approximate surface area is 376 Å². The van der Waals surface area contributed by atoms with Gasteiger partial charge in [0, 0.05) is 34.1 Å². The second-order valence-electron chi connectivity index (χ2n) is 15.4. The minimum absolute atomic E-state index is 0.250. The maximum absolute atomic E-state index is 12.2. The second kappa shape index (κ2) is 14.4. The summed E-state index contributed by atoms with van der Waals surface area (Å²) in [6, 6.07) is 35.7. The van der Waals surface area contributed by atoms with Crippen LogP contribution in [-0.4, -0.2) is 66.2 Å². The van der Waals surface area contributed by atoms with E-state index in [0.29, 0.717) is 20.9 Å². The van der Waals surface area contributed by atoms with Crippen LogP contribution in [-0.2, 0) is 44.9 Å². The quantitative estimate of drug-likeness (QED) is 0.0379. The number of benzene rings is 4. The maximum atomic E-state index is 12.2. The molecular formula is C45H28N4O12S4+2. The molecule has 1 spiro atoms. The molecule has 16 nitrogen and oxygen atoms in total. The van der Waals surface area contributed by atoms with Gasteiger partial charge < -0.3 is 0 Å². The first-order valence-corrected chi connectivity index (χ1v) is 23.9. The van der Waals surface area contributed by atoms with E-state index in [0.717, 1.165) is 102 Å². The first-order chi connectivity index (χ1) is 31.4. The van der Waals surface area contributed by atoms with Crippen LogP contribution in [0.3, 0.4) is 0 Å². The molecule has 0 atom stereocenters. The maximum Gasteiger partial charge on any atom is 0.553 e. The van der Waals surface area contributed by atoms with Crippen molar-refractivity contribution in [1.29, 1.82) is 0 Å². The van der Waals surface area contributed by atoms with Gasteiger partial charge in [0.05, 0.1) is 78.3 Å². The van der Waals surface area contributed by atoms with Gasteiger partial charge in [-0.2, -0.15) is 26.0 Å². The summed E-state index contributed by atoms with van der Waals surface area (Å²) >= 11 is 1.69. The van der Waals surface area contributed by atoms with Gasteiger partial charge in [0.2, 0.25) is 22.8 Å². The van der Waals surface area contributed by atoms with Gasteiger partial charge in [-0.1, -0.05) is 67.8 Å². The van der Waals surface area contributed by atoms with E-state index >= 15 is 0 Å². The van der Waals surface area contributed by atoms with E-state index in [-0.39, 0.29) is 9.79 Å². The lowest BCUT2D eigenvalue weighted by atomic mass is 9.93. The number of hydrogen-bond donors (Lipinski definition) is 4. The van der Waals surface area contributed by atoms with Crippen LogP contribution in [0.2, 0.25) is 0 Å². The zero-order valence-electron chi connectivity index (χ0n) is 32.8. The Bertz CT molecular complexity index is 3460. The monoisotopic (exact) mass is 944 g/mol. The van der Waals surface area contributed by atoms with Gasteiger partial charge in [0.15, 0.2) is 0 Å². The summed E-state index contributed by atoms with van der Waals surface area (Å²) in [7, 11) is -8.99. The molecule has 20 heteroatoms. The van der Waals surface area contributed by atoms with Crippen molar-refractivity contribution < 1.29 is 64.4 Å². The van der Waals surface area contributed by atoms with Crippen LogP contribution in [0.15, 0.2) is 177 Å². The molecule has 4 N–H and O–H groups in total. The van der Waals surface area contributed by atoms with Gasteiger partial charge in [-0.25, -0.2) is 10.5 Å². The van der Waals surface area contributed by atoms with Crippen LogP contribution >= 0.6 is 24.1 Å². The highest BCUT2D eigenvalue weighted by atomic mass is 32.2. The van der Waals surface area contributed by atoms with Crippen molar-refractivity contribution in [3.05, 3.63) is 201 Å². The smallest absolute Gasteiger partial charge is 0.282 e. The zero-order chi connectivity index (χ0) is 44.6. The molecule has 0 bridgehead atoms. The second-order valence-corrected chi connectivity index (χ2v) is 19.7. The van der Waals surface area contributed by atoms with E-state index in [4.69, 9.17) is 19.2 Å². The van der Waals surface area contributed by atoms with E-state index in [2.05, 4.69) is 64.8 Å². The summed E-state index contributed by atoms with van der Waals surface area (Å²) in [6.45, 7) is 0. The SMILES string of the molecule is O=S(=O)(O)c1ccc(C2=C3C=CC4=[N+]3C35n6c2ccc6C(c2ccc(S(=O)(=O)O)cc2)=C2C=CC(=[N+]23)C(c2ccc(SOOO)cc2)=c2ccc(n25)=C4c2ccc(SOOO)cc2)cc1. The summed E-state index contributed by atoms with van der Waals surface area (Å²) < 4.78 is 87.4. The van der Waals surface area contributed by atoms with Crippen molar-refractivity contribution in [2.75, 3.05) is 0 Å². The highest BCUT2D eigenvalue weighted by Gasteiger charge is 2.73. The van der Waals surface area contributed by atoms with Crippen LogP contribution < -0.4 is 10.7 Å². The number of rotatable bonds is 12. The molecule has 0 aliphatic carbocycles. The fourth-order valence-corrected chi connectivity index (χ4v) is 11.6. The minimum Gasteiger partial charge on any atom is -0.282 e. The van der Waals surface area contributed by atoms with Crippen molar-refractivity contribution in [3.63, 3.8) is 0 Å². The molecule has 6 aliphatic rings. The molecular weight excluding hydrogens is 917 g/mol. The molecule has 6 aliphatic heterocycles. The Hall–Kier alpha value is -6.24. The molecule has 0 saturated carbocycles. The van der Waals surface area contributed by atoms with E-state index < -0.39 is 26.1 Å². The molecule has 0 saturated heterocycles. The molecule has 2 aromatic heterocycles. The molecule has 6 aromatic rings. The van der Waals surface area contributed by atoms with Crippen molar-refractivity contribution in [2.45, 2.75) is 25.5 Å². The topological polar surface area (TPSA) is 202 Å².